The van der Waals surface area contributed by atoms with E-state index in [1.54, 1.807) is 47.4 Å². The number of nitrogens with one attached hydrogen (secondary N) is 1. The van der Waals surface area contributed by atoms with Crippen molar-refractivity contribution in [1.29, 1.82) is 0 Å². The van der Waals surface area contributed by atoms with Gasteiger partial charge in [-0.05, 0) is 49.4 Å². The van der Waals surface area contributed by atoms with Crippen molar-refractivity contribution < 1.29 is 19.1 Å². The molecule has 1 fully saturated rings. The third-order valence-corrected chi connectivity index (χ3v) is 4.52. The lowest BCUT2D eigenvalue weighted by Gasteiger charge is -2.27. The normalized spacial score (nSPS) is 13.9. The molecule has 0 atom stereocenters. The van der Waals surface area contributed by atoms with Crippen molar-refractivity contribution in [3.8, 4) is 5.75 Å². The van der Waals surface area contributed by atoms with Crippen molar-refractivity contribution in [2.45, 2.75) is 6.92 Å². The molecule has 142 valence electrons. The Bertz CT molecular complexity index is 817. The molecule has 0 spiro atoms. The van der Waals surface area contributed by atoms with Gasteiger partial charge in [0.15, 0.2) is 0 Å². The number of halogens is 1. The maximum Gasteiger partial charge on any atom is 0.255 e. The number of amides is 2. The molecule has 3 rings (SSSR count). The number of rotatable bonds is 5. The average Bonchev–Trinajstić information content (AvgIpc) is 2.70. The Morgan fingerprint density at radius 2 is 1.78 bits per heavy atom. The van der Waals surface area contributed by atoms with Crippen LogP contribution in [-0.4, -0.2) is 49.6 Å². The number of hydrogen-bond acceptors (Lipinski definition) is 4. The third kappa shape index (κ3) is 4.78. The van der Waals surface area contributed by atoms with E-state index in [0.29, 0.717) is 60.5 Å². The van der Waals surface area contributed by atoms with Crippen LogP contribution in [0.1, 0.15) is 27.6 Å². The molecule has 2 amide bonds. The maximum atomic E-state index is 12.6. The number of carbonyl (C=O) groups is 2. The lowest BCUT2D eigenvalue weighted by Crippen LogP contribution is -2.40. The molecular weight excluding hydrogens is 368 g/mol. The van der Waals surface area contributed by atoms with Crippen LogP contribution in [0.15, 0.2) is 42.5 Å². The molecule has 2 aromatic rings. The molecule has 1 aliphatic heterocycles. The van der Waals surface area contributed by atoms with E-state index in [1.807, 2.05) is 6.92 Å². The first-order chi connectivity index (χ1) is 13.1. The van der Waals surface area contributed by atoms with E-state index >= 15 is 0 Å². The van der Waals surface area contributed by atoms with Crippen LogP contribution >= 0.6 is 11.6 Å². The summed E-state index contributed by atoms with van der Waals surface area (Å²) in [4.78, 5) is 26.8. The van der Waals surface area contributed by atoms with Crippen LogP contribution in [0, 0.1) is 0 Å². The summed E-state index contributed by atoms with van der Waals surface area (Å²) < 4.78 is 10.6. The fourth-order valence-electron chi connectivity index (χ4n) is 2.77. The van der Waals surface area contributed by atoms with E-state index < -0.39 is 0 Å². The summed E-state index contributed by atoms with van der Waals surface area (Å²) in [5, 5.41) is 3.14. The zero-order valence-corrected chi connectivity index (χ0v) is 15.8. The average molecular weight is 389 g/mol. The first kappa shape index (κ1) is 19.2. The number of carbonyl (C=O) groups excluding carboxylic acids is 2. The minimum Gasteiger partial charge on any atom is -0.494 e. The van der Waals surface area contributed by atoms with Gasteiger partial charge in [-0.25, -0.2) is 0 Å². The van der Waals surface area contributed by atoms with Crippen LogP contribution < -0.4 is 10.1 Å². The van der Waals surface area contributed by atoms with E-state index in [0.717, 1.165) is 0 Å². The highest BCUT2D eigenvalue weighted by Crippen LogP contribution is 2.25. The van der Waals surface area contributed by atoms with Gasteiger partial charge in [-0.2, -0.15) is 0 Å². The molecule has 0 saturated carbocycles. The Balaban J connectivity index is 1.73. The molecule has 2 aromatic carbocycles. The topological polar surface area (TPSA) is 67.9 Å². The van der Waals surface area contributed by atoms with Crippen LogP contribution in [0.5, 0.6) is 5.75 Å². The van der Waals surface area contributed by atoms with Crippen LogP contribution in [0.3, 0.4) is 0 Å². The van der Waals surface area contributed by atoms with Crippen LogP contribution in [0.25, 0.3) is 0 Å². The highest BCUT2D eigenvalue weighted by molar-refractivity contribution is 6.34. The van der Waals surface area contributed by atoms with Crippen molar-refractivity contribution in [3.63, 3.8) is 0 Å². The number of nitrogens with zero attached hydrogens (tertiary/aromatic N) is 1. The number of anilines is 1. The summed E-state index contributed by atoms with van der Waals surface area (Å²) in [6.07, 6.45) is 0. The summed E-state index contributed by atoms with van der Waals surface area (Å²) in [7, 11) is 0. The number of hydrogen-bond donors (Lipinski definition) is 1. The number of ether oxygens (including phenoxy) is 2. The maximum absolute atomic E-state index is 12.6. The standard InChI is InChI=1S/C20H21ClN2O4/c1-2-27-16-6-3-14(4-7-16)19(24)22-18-13-15(5-8-17(18)21)20(25)23-9-11-26-12-10-23/h3-8,13H,2,9-12H2,1H3,(H,22,24). The smallest absolute Gasteiger partial charge is 0.255 e. The largest absolute Gasteiger partial charge is 0.494 e. The van der Waals surface area contributed by atoms with Gasteiger partial charge in [0.25, 0.3) is 11.8 Å². The van der Waals surface area contributed by atoms with Crippen molar-refractivity contribution in [2.75, 3.05) is 38.2 Å². The van der Waals surface area contributed by atoms with Crippen molar-refractivity contribution in [2.24, 2.45) is 0 Å². The molecule has 1 N–H and O–H groups in total. The number of benzene rings is 2. The highest BCUT2D eigenvalue weighted by Gasteiger charge is 2.20. The van der Waals surface area contributed by atoms with Crippen LogP contribution in [0.2, 0.25) is 5.02 Å². The Labute approximate surface area is 163 Å². The molecule has 1 saturated heterocycles. The molecule has 1 aliphatic rings. The molecule has 6 nitrogen and oxygen atoms in total. The van der Waals surface area contributed by atoms with Crippen molar-refractivity contribution in [3.05, 3.63) is 58.6 Å². The first-order valence-corrected chi connectivity index (χ1v) is 9.17. The molecule has 0 bridgehead atoms. The van der Waals surface area contributed by atoms with Gasteiger partial charge >= 0.3 is 0 Å². The van der Waals surface area contributed by atoms with E-state index in [4.69, 9.17) is 21.1 Å². The van der Waals surface area contributed by atoms with Gasteiger partial charge in [-0.1, -0.05) is 11.6 Å². The molecule has 1 heterocycles. The van der Waals surface area contributed by atoms with Gasteiger partial charge in [0.2, 0.25) is 0 Å². The third-order valence-electron chi connectivity index (χ3n) is 4.19. The zero-order chi connectivity index (χ0) is 19.2. The SMILES string of the molecule is CCOc1ccc(C(=O)Nc2cc(C(=O)N3CCOCC3)ccc2Cl)cc1. The van der Waals surface area contributed by atoms with Crippen molar-refractivity contribution in [1.82, 2.24) is 4.90 Å². The predicted octanol–water partition coefficient (Wildman–Crippen LogP) is 3.46. The monoisotopic (exact) mass is 388 g/mol. The minimum atomic E-state index is -0.309. The highest BCUT2D eigenvalue weighted by atomic mass is 35.5. The summed E-state index contributed by atoms with van der Waals surface area (Å²) in [6, 6.07) is 11.7. The quantitative estimate of drug-likeness (QED) is 0.851. The minimum absolute atomic E-state index is 0.105. The van der Waals surface area contributed by atoms with Crippen LogP contribution in [0.4, 0.5) is 5.69 Å². The summed E-state index contributed by atoms with van der Waals surface area (Å²) in [6.45, 7) is 4.62. The lowest BCUT2D eigenvalue weighted by atomic mass is 10.1. The molecule has 0 aromatic heterocycles. The van der Waals surface area contributed by atoms with E-state index in [2.05, 4.69) is 5.32 Å². The van der Waals surface area contributed by atoms with Gasteiger partial charge in [-0.15, -0.1) is 0 Å². The molecule has 7 heteroatoms. The van der Waals surface area contributed by atoms with Crippen LogP contribution in [-0.2, 0) is 4.74 Å². The molecular formula is C20H21ClN2O4. The van der Waals surface area contributed by atoms with Crippen molar-refractivity contribution >= 4 is 29.1 Å². The summed E-state index contributed by atoms with van der Waals surface area (Å²) >= 11 is 6.21. The molecule has 0 unspecified atom stereocenters. The molecule has 0 radical (unpaired) electrons. The van der Waals surface area contributed by atoms with E-state index in [9.17, 15) is 9.59 Å². The fourth-order valence-corrected chi connectivity index (χ4v) is 2.93. The Kier molecular flexibility index (Phi) is 6.32. The fraction of sp³-hybridized carbons (Fsp3) is 0.300. The Morgan fingerprint density at radius 3 is 2.44 bits per heavy atom. The van der Waals surface area contributed by atoms with Gasteiger partial charge in [0.1, 0.15) is 5.75 Å². The molecule has 0 aliphatic carbocycles. The zero-order valence-electron chi connectivity index (χ0n) is 15.0. The second-order valence-corrected chi connectivity index (χ2v) is 6.42. The first-order valence-electron chi connectivity index (χ1n) is 8.79. The van der Waals surface area contributed by atoms with Gasteiger partial charge in [-0.3, -0.25) is 9.59 Å². The second-order valence-electron chi connectivity index (χ2n) is 6.01. The van der Waals surface area contributed by atoms with E-state index in [1.165, 1.54) is 0 Å². The summed E-state index contributed by atoms with van der Waals surface area (Å²) in [5.41, 5.74) is 1.34. The Morgan fingerprint density at radius 1 is 1.11 bits per heavy atom. The van der Waals surface area contributed by atoms with Gasteiger partial charge < -0.3 is 19.7 Å². The van der Waals surface area contributed by atoms with Gasteiger partial charge in [0.05, 0.1) is 30.5 Å². The predicted molar refractivity (Wildman–Crippen MR) is 104 cm³/mol. The number of morpholine rings is 1. The van der Waals surface area contributed by atoms with Gasteiger partial charge in [0, 0.05) is 24.2 Å². The lowest BCUT2D eigenvalue weighted by molar-refractivity contribution is 0.0303. The second kappa shape index (κ2) is 8.88. The molecule has 27 heavy (non-hydrogen) atoms. The Hall–Kier alpha value is -2.57. The van der Waals surface area contributed by atoms with E-state index in [-0.39, 0.29) is 11.8 Å². The summed E-state index contributed by atoms with van der Waals surface area (Å²) in [5.74, 6) is 0.285.